The number of pyridine rings is 1. The lowest BCUT2D eigenvalue weighted by Crippen LogP contribution is -2.45. The molecule has 3 heterocycles. The lowest BCUT2D eigenvalue weighted by Gasteiger charge is -2.32. The summed E-state index contributed by atoms with van der Waals surface area (Å²) >= 11 is 1.48. The Hall–Kier alpha value is -1.92. The van der Waals surface area contributed by atoms with Crippen molar-refractivity contribution in [3.05, 3.63) is 46.3 Å². The fourth-order valence-electron chi connectivity index (χ4n) is 2.61. The highest BCUT2D eigenvalue weighted by molar-refractivity contribution is 7.12. The van der Waals surface area contributed by atoms with Crippen molar-refractivity contribution >= 4 is 23.1 Å². The van der Waals surface area contributed by atoms with Crippen LogP contribution in [0.3, 0.4) is 0 Å². The molecule has 2 aromatic rings. The number of aryl methyl sites for hydroxylation is 1. The van der Waals surface area contributed by atoms with Crippen LogP contribution in [0.1, 0.15) is 21.7 Å². The molecule has 0 aromatic carbocycles. The Labute approximate surface area is 133 Å². The second-order valence-electron chi connectivity index (χ2n) is 5.35. The molecule has 0 spiro atoms. The van der Waals surface area contributed by atoms with E-state index in [1.54, 1.807) is 6.20 Å². The Kier molecular flexibility index (Phi) is 4.70. The Bertz CT molecular complexity index is 630. The number of nitrogens with zero attached hydrogens (tertiary/aromatic N) is 2. The van der Waals surface area contributed by atoms with Gasteiger partial charge in [-0.3, -0.25) is 4.79 Å². The molecule has 0 bridgehead atoms. The smallest absolute Gasteiger partial charge is 0.264 e. The highest BCUT2D eigenvalue weighted by Crippen LogP contribution is 2.17. The molecule has 0 saturated carbocycles. The molecule has 2 aromatic heterocycles. The van der Waals surface area contributed by atoms with Crippen molar-refractivity contribution in [2.75, 3.05) is 25.4 Å². The van der Waals surface area contributed by atoms with Crippen molar-refractivity contribution < 1.29 is 9.53 Å². The maximum Gasteiger partial charge on any atom is 0.264 e. The summed E-state index contributed by atoms with van der Waals surface area (Å²) in [6.45, 7) is 1.91. The number of carbonyl (C=O) groups excluding carboxylic acids is 1. The fourth-order valence-corrected chi connectivity index (χ4v) is 3.30. The lowest BCUT2D eigenvalue weighted by molar-refractivity contribution is -0.0244. The molecule has 3 rings (SSSR count). The molecule has 0 radical (unpaired) electrons. The summed E-state index contributed by atoms with van der Waals surface area (Å²) < 4.78 is 5.79. The first-order chi connectivity index (χ1) is 10.7. The van der Waals surface area contributed by atoms with Gasteiger partial charge in [-0.05, 0) is 42.0 Å². The van der Waals surface area contributed by atoms with Crippen LogP contribution in [-0.2, 0) is 11.2 Å². The number of thiophene rings is 1. The Balaban J connectivity index is 1.55. The molecule has 1 saturated heterocycles. The highest BCUT2D eigenvalue weighted by atomic mass is 32.1. The number of ether oxygens (including phenoxy) is 1. The van der Waals surface area contributed by atoms with Crippen LogP contribution in [0.15, 0.2) is 35.8 Å². The van der Waals surface area contributed by atoms with E-state index in [9.17, 15) is 4.79 Å². The molecule has 0 unspecified atom stereocenters. The molecule has 1 aliphatic rings. The molecule has 1 fully saturated rings. The van der Waals surface area contributed by atoms with E-state index in [1.165, 1.54) is 11.3 Å². The number of hydrogen-bond donors (Lipinski definition) is 1. The van der Waals surface area contributed by atoms with Gasteiger partial charge in [-0.1, -0.05) is 6.07 Å². The number of carbonyl (C=O) groups is 1. The van der Waals surface area contributed by atoms with E-state index in [1.807, 2.05) is 34.5 Å². The van der Waals surface area contributed by atoms with E-state index in [0.29, 0.717) is 25.5 Å². The minimum absolute atomic E-state index is 0.0760. The fraction of sp³-hybridized carbons (Fsp3) is 0.375. The number of hydrogen-bond acceptors (Lipinski definition) is 5. The molecular weight excluding hydrogens is 298 g/mol. The van der Waals surface area contributed by atoms with E-state index in [-0.39, 0.29) is 12.0 Å². The Morgan fingerprint density at radius 3 is 3.18 bits per heavy atom. The molecular formula is C16H19N3O2S. The molecule has 1 amide bonds. The molecule has 0 aliphatic carbocycles. The average Bonchev–Trinajstić information content (AvgIpc) is 3.07. The van der Waals surface area contributed by atoms with Gasteiger partial charge in [0.2, 0.25) is 0 Å². The van der Waals surface area contributed by atoms with Gasteiger partial charge in [-0.2, -0.15) is 0 Å². The second kappa shape index (κ2) is 6.89. The molecule has 2 N–H and O–H groups in total. The van der Waals surface area contributed by atoms with Gasteiger partial charge in [-0.25, -0.2) is 4.98 Å². The van der Waals surface area contributed by atoms with Gasteiger partial charge < -0.3 is 15.4 Å². The molecule has 22 heavy (non-hydrogen) atoms. The number of anilines is 1. The average molecular weight is 317 g/mol. The van der Waals surface area contributed by atoms with Gasteiger partial charge >= 0.3 is 0 Å². The third kappa shape index (κ3) is 3.64. The predicted molar refractivity (Wildman–Crippen MR) is 86.9 cm³/mol. The zero-order chi connectivity index (χ0) is 15.4. The monoisotopic (exact) mass is 317 g/mol. The minimum Gasteiger partial charge on any atom is -0.384 e. The maximum absolute atomic E-state index is 12.4. The number of amides is 1. The molecule has 1 aliphatic heterocycles. The third-order valence-electron chi connectivity index (χ3n) is 3.76. The van der Waals surface area contributed by atoms with Crippen molar-refractivity contribution in [1.82, 2.24) is 9.88 Å². The van der Waals surface area contributed by atoms with Crippen molar-refractivity contribution in [3.63, 3.8) is 0 Å². The van der Waals surface area contributed by atoms with Gasteiger partial charge in [0.1, 0.15) is 5.82 Å². The SMILES string of the molecule is Nc1cc(CC[C@@H]2CN(C(=O)c3cccs3)CCO2)ccn1. The summed E-state index contributed by atoms with van der Waals surface area (Å²) in [6.07, 6.45) is 3.54. The highest BCUT2D eigenvalue weighted by Gasteiger charge is 2.25. The maximum atomic E-state index is 12.4. The largest absolute Gasteiger partial charge is 0.384 e. The van der Waals surface area contributed by atoms with Gasteiger partial charge in [-0.15, -0.1) is 11.3 Å². The number of morpholine rings is 1. The first-order valence-electron chi connectivity index (χ1n) is 7.37. The zero-order valence-electron chi connectivity index (χ0n) is 12.3. The molecule has 6 heteroatoms. The van der Waals surface area contributed by atoms with Crippen LogP contribution in [0.25, 0.3) is 0 Å². The number of rotatable bonds is 4. The summed E-state index contributed by atoms with van der Waals surface area (Å²) in [7, 11) is 0. The van der Waals surface area contributed by atoms with E-state index < -0.39 is 0 Å². The van der Waals surface area contributed by atoms with Crippen molar-refractivity contribution in [1.29, 1.82) is 0 Å². The van der Waals surface area contributed by atoms with Crippen molar-refractivity contribution in [3.8, 4) is 0 Å². The number of nitrogens with two attached hydrogens (primary N) is 1. The number of aromatic nitrogens is 1. The molecule has 116 valence electrons. The molecule has 1 atom stereocenters. The summed E-state index contributed by atoms with van der Waals surface area (Å²) in [5.74, 6) is 0.646. The normalized spacial score (nSPS) is 18.4. The first kappa shape index (κ1) is 15.0. The van der Waals surface area contributed by atoms with Crippen LogP contribution < -0.4 is 5.73 Å². The van der Waals surface area contributed by atoms with Crippen molar-refractivity contribution in [2.24, 2.45) is 0 Å². The molecule has 5 nitrogen and oxygen atoms in total. The second-order valence-corrected chi connectivity index (χ2v) is 6.30. The Morgan fingerprint density at radius 2 is 2.41 bits per heavy atom. The minimum atomic E-state index is 0.0760. The van der Waals surface area contributed by atoms with Crippen molar-refractivity contribution in [2.45, 2.75) is 18.9 Å². The summed E-state index contributed by atoms with van der Waals surface area (Å²) in [5.41, 5.74) is 6.84. The summed E-state index contributed by atoms with van der Waals surface area (Å²) in [5, 5.41) is 1.93. The third-order valence-corrected chi connectivity index (χ3v) is 4.62. The van der Waals surface area contributed by atoms with Crippen LogP contribution in [0, 0.1) is 0 Å². The predicted octanol–water partition coefficient (Wildman–Crippen LogP) is 2.20. The summed E-state index contributed by atoms with van der Waals surface area (Å²) in [4.78, 5) is 19.1. The van der Waals surface area contributed by atoms with Crippen LogP contribution in [0.2, 0.25) is 0 Å². The Morgan fingerprint density at radius 1 is 1.50 bits per heavy atom. The van der Waals surface area contributed by atoms with Crippen LogP contribution in [0.5, 0.6) is 0 Å². The van der Waals surface area contributed by atoms with Gasteiger partial charge in [0.15, 0.2) is 0 Å². The first-order valence-corrected chi connectivity index (χ1v) is 8.25. The van der Waals surface area contributed by atoms with Crippen LogP contribution in [-0.4, -0.2) is 41.6 Å². The standard InChI is InChI=1S/C16H19N3O2S/c17-15-10-12(5-6-18-15)3-4-13-11-19(7-8-21-13)16(20)14-2-1-9-22-14/h1-2,5-6,9-10,13H,3-4,7-8,11H2,(H2,17,18)/t13-/m1/s1. The van der Waals surface area contributed by atoms with Crippen LogP contribution >= 0.6 is 11.3 Å². The quantitative estimate of drug-likeness (QED) is 0.938. The van der Waals surface area contributed by atoms with E-state index >= 15 is 0 Å². The van der Waals surface area contributed by atoms with Crippen LogP contribution in [0.4, 0.5) is 5.82 Å². The van der Waals surface area contributed by atoms with E-state index in [4.69, 9.17) is 10.5 Å². The van der Waals surface area contributed by atoms with E-state index in [0.717, 1.165) is 23.3 Å². The van der Waals surface area contributed by atoms with Gasteiger partial charge in [0.25, 0.3) is 5.91 Å². The lowest BCUT2D eigenvalue weighted by atomic mass is 10.1. The zero-order valence-corrected chi connectivity index (χ0v) is 13.1. The topological polar surface area (TPSA) is 68.5 Å². The summed E-state index contributed by atoms with van der Waals surface area (Å²) in [6, 6.07) is 7.63. The van der Waals surface area contributed by atoms with Gasteiger partial charge in [0.05, 0.1) is 17.6 Å². The van der Waals surface area contributed by atoms with Gasteiger partial charge in [0, 0.05) is 19.3 Å². The number of nitrogen functional groups attached to an aromatic ring is 1. The van der Waals surface area contributed by atoms with E-state index in [2.05, 4.69) is 4.98 Å².